The maximum atomic E-state index is 12.6. The Hall–Kier alpha value is -3.36. The van der Waals surface area contributed by atoms with Crippen LogP contribution in [0.2, 0.25) is 0 Å². The van der Waals surface area contributed by atoms with Crippen molar-refractivity contribution >= 4 is 17.4 Å². The highest BCUT2D eigenvalue weighted by Crippen LogP contribution is 2.21. The minimum Gasteiger partial charge on any atom is -0.471 e. The van der Waals surface area contributed by atoms with Crippen LogP contribution in [-0.2, 0) is 22.6 Å². The van der Waals surface area contributed by atoms with Gasteiger partial charge >= 0.3 is 0 Å². The predicted molar refractivity (Wildman–Crippen MR) is 103 cm³/mol. The van der Waals surface area contributed by atoms with Gasteiger partial charge < -0.3 is 15.4 Å². The number of hydrogen-bond acceptors (Lipinski definition) is 7. The van der Waals surface area contributed by atoms with Crippen molar-refractivity contribution in [2.75, 3.05) is 19.8 Å². The Morgan fingerprint density at radius 1 is 1.31 bits per heavy atom. The fourth-order valence-corrected chi connectivity index (χ4v) is 2.98. The lowest BCUT2D eigenvalue weighted by atomic mass is 10.1. The van der Waals surface area contributed by atoms with Gasteiger partial charge in [0.05, 0.1) is 23.5 Å². The Balaban J connectivity index is 1.74. The van der Waals surface area contributed by atoms with Crippen molar-refractivity contribution < 1.29 is 18.7 Å². The Bertz CT molecular complexity index is 959. The molecule has 0 aromatic carbocycles. The number of nitrogens with zero attached hydrogens (tertiary/aromatic N) is 4. The van der Waals surface area contributed by atoms with E-state index in [1.54, 1.807) is 18.3 Å². The molecule has 0 fully saturated rings. The van der Waals surface area contributed by atoms with Crippen LogP contribution in [-0.4, -0.2) is 51.6 Å². The van der Waals surface area contributed by atoms with Crippen molar-refractivity contribution in [3.63, 3.8) is 0 Å². The lowest BCUT2D eigenvalue weighted by Crippen LogP contribution is -2.37. The second-order valence-corrected chi connectivity index (χ2v) is 6.78. The van der Waals surface area contributed by atoms with Crippen LogP contribution >= 0.6 is 0 Å². The first-order valence-corrected chi connectivity index (χ1v) is 9.13. The van der Waals surface area contributed by atoms with Crippen LogP contribution in [0.25, 0.3) is 5.70 Å². The van der Waals surface area contributed by atoms with Gasteiger partial charge in [-0.2, -0.15) is 0 Å². The van der Waals surface area contributed by atoms with Crippen molar-refractivity contribution in [3.8, 4) is 5.88 Å². The minimum atomic E-state index is -1.03. The van der Waals surface area contributed by atoms with E-state index in [1.807, 2.05) is 13.0 Å². The second kappa shape index (κ2) is 8.76. The summed E-state index contributed by atoms with van der Waals surface area (Å²) in [5, 5.41) is 8.08. The summed E-state index contributed by atoms with van der Waals surface area (Å²) < 4.78 is 18.2. The van der Waals surface area contributed by atoms with Crippen LogP contribution < -0.4 is 10.5 Å². The molecule has 1 amide bonds. The summed E-state index contributed by atoms with van der Waals surface area (Å²) >= 11 is 0. The number of fused-ring (bicyclic) bond motifs is 1. The second-order valence-electron chi connectivity index (χ2n) is 6.78. The lowest BCUT2D eigenvalue weighted by molar-refractivity contribution is -0.133. The summed E-state index contributed by atoms with van der Waals surface area (Å²) in [5.41, 5.74) is 9.74. The first-order valence-electron chi connectivity index (χ1n) is 9.13. The quantitative estimate of drug-likeness (QED) is 0.730. The van der Waals surface area contributed by atoms with Gasteiger partial charge in [-0.15, -0.1) is 10.2 Å². The number of ether oxygens (including phenoxy) is 1. The summed E-state index contributed by atoms with van der Waals surface area (Å²) in [6.07, 6.45) is 2.14. The molecule has 0 unspecified atom stereocenters. The highest BCUT2D eigenvalue weighted by molar-refractivity contribution is 6.00. The number of amides is 1. The molecule has 152 valence electrons. The third kappa shape index (κ3) is 4.74. The maximum absolute atomic E-state index is 12.6. The molecule has 0 radical (unpaired) electrons. The fraction of sp³-hybridized carbons (Fsp3) is 0.350. The molecule has 8 nitrogen and oxygen atoms in total. The molecule has 0 bridgehead atoms. The van der Waals surface area contributed by atoms with E-state index in [9.17, 15) is 14.0 Å². The molecule has 3 rings (SSSR count). The van der Waals surface area contributed by atoms with Crippen molar-refractivity contribution in [2.24, 2.45) is 5.73 Å². The van der Waals surface area contributed by atoms with E-state index >= 15 is 0 Å². The number of nitrogens with two attached hydrogens (primary N) is 1. The minimum absolute atomic E-state index is 0.0605. The van der Waals surface area contributed by atoms with Gasteiger partial charge in [0.15, 0.2) is 12.5 Å². The van der Waals surface area contributed by atoms with Gasteiger partial charge in [-0.1, -0.05) is 0 Å². The third-order valence-electron chi connectivity index (χ3n) is 4.73. The number of halogens is 1. The van der Waals surface area contributed by atoms with Crippen LogP contribution in [0, 0.1) is 6.92 Å². The number of hydrogen-bond donors (Lipinski definition) is 1. The van der Waals surface area contributed by atoms with Crippen LogP contribution in [0.3, 0.4) is 0 Å². The van der Waals surface area contributed by atoms with Crippen molar-refractivity contribution in [1.82, 2.24) is 20.1 Å². The summed E-state index contributed by atoms with van der Waals surface area (Å²) in [6.45, 7) is 2.82. The van der Waals surface area contributed by atoms with Gasteiger partial charge in [0, 0.05) is 30.1 Å². The third-order valence-corrected chi connectivity index (χ3v) is 4.73. The van der Waals surface area contributed by atoms with Crippen LogP contribution in [0.15, 0.2) is 30.0 Å². The lowest BCUT2D eigenvalue weighted by Gasteiger charge is -2.27. The molecule has 1 aliphatic heterocycles. The van der Waals surface area contributed by atoms with Gasteiger partial charge in [0.25, 0.3) is 5.91 Å². The monoisotopic (exact) mass is 399 g/mol. The molecule has 0 saturated heterocycles. The normalized spacial score (nSPS) is 14.1. The van der Waals surface area contributed by atoms with Crippen molar-refractivity contribution in [2.45, 2.75) is 26.8 Å². The molecule has 0 spiro atoms. The predicted octanol–water partition coefficient (Wildman–Crippen LogP) is 1.37. The number of alkyl halides is 1. The van der Waals surface area contributed by atoms with E-state index in [0.717, 1.165) is 11.3 Å². The number of aryl methyl sites for hydroxylation is 1. The van der Waals surface area contributed by atoms with Gasteiger partial charge in [0.2, 0.25) is 5.88 Å². The number of rotatable bonds is 6. The molecule has 2 N–H and O–H groups in total. The zero-order valence-corrected chi connectivity index (χ0v) is 16.3. The number of aromatic nitrogens is 3. The smallest absolute Gasteiger partial charge is 0.254 e. The zero-order chi connectivity index (χ0) is 21.0. The van der Waals surface area contributed by atoms with E-state index in [0.29, 0.717) is 35.5 Å². The topological polar surface area (TPSA) is 111 Å². The molecule has 0 atom stereocenters. The first-order chi connectivity index (χ1) is 13.9. The Labute approximate surface area is 167 Å². The number of carbonyl (C=O) groups excluding carboxylic acids is 2. The van der Waals surface area contributed by atoms with Crippen LogP contribution in [0.4, 0.5) is 4.39 Å². The average molecular weight is 399 g/mol. The molecule has 2 aromatic heterocycles. The van der Waals surface area contributed by atoms with E-state index in [-0.39, 0.29) is 24.8 Å². The number of ketones is 1. The van der Waals surface area contributed by atoms with E-state index in [4.69, 9.17) is 10.5 Å². The van der Waals surface area contributed by atoms with Gasteiger partial charge in [0.1, 0.15) is 6.61 Å². The number of carbonyl (C=O) groups is 2. The molecule has 9 heteroatoms. The first kappa shape index (κ1) is 20.4. The maximum Gasteiger partial charge on any atom is 0.254 e. The van der Waals surface area contributed by atoms with Gasteiger partial charge in [-0.05, 0) is 38.0 Å². The Morgan fingerprint density at radius 2 is 2.10 bits per heavy atom. The molecular weight excluding hydrogens is 377 g/mol. The average Bonchev–Trinajstić information content (AvgIpc) is 2.73. The molecule has 2 aromatic rings. The fourth-order valence-electron chi connectivity index (χ4n) is 2.98. The van der Waals surface area contributed by atoms with E-state index < -0.39 is 12.6 Å². The molecule has 0 saturated carbocycles. The van der Waals surface area contributed by atoms with E-state index in [1.165, 1.54) is 11.8 Å². The summed E-state index contributed by atoms with van der Waals surface area (Å²) in [4.78, 5) is 29.2. The summed E-state index contributed by atoms with van der Waals surface area (Å²) in [7, 11) is 0. The molecular formula is C20H22FN5O3. The highest BCUT2D eigenvalue weighted by Gasteiger charge is 2.23. The Kier molecular flexibility index (Phi) is 6.16. The molecule has 1 aliphatic rings. The van der Waals surface area contributed by atoms with Crippen LogP contribution in [0.1, 0.15) is 29.4 Å². The van der Waals surface area contributed by atoms with Crippen LogP contribution in [0.5, 0.6) is 5.88 Å². The largest absolute Gasteiger partial charge is 0.471 e. The van der Waals surface area contributed by atoms with E-state index in [2.05, 4.69) is 15.2 Å². The summed E-state index contributed by atoms with van der Waals surface area (Å²) in [6, 6.07) is 5.33. The standard InChI is InChI=1S/C20H22FN5O3/c1-12-3-4-15(9-23-12)20(22)16(13(2)27)11-29-18-7-14-5-6-26(19(28)8-21)10-17(14)24-25-18/h3-4,7,9H,5-6,8,10-11,22H2,1-2H3. The SMILES string of the molecule is CC(=O)C(COc1cc2c(nn1)CN(C(=O)CF)CC2)=C(N)c1ccc(C)nc1. The van der Waals surface area contributed by atoms with Crippen molar-refractivity contribution in [1.29, 1.82) is 0 Å². The molecule has 3 heterocycles. The van der Waals surface area contributed by atoms with Gasteiger partial charge in [-0.3, -0.25) is 14.6 Å². The highest BCUT2D eigenvalue weighted by atomic mass is 19.1. The number of pyridine rings is 1. The molecule has 29 heavy (non-hydrogen) atoms. The molecule has 0 aliphatic carbocycles. The number of Topliss-reactive ketones (excluding diaryl/α,β-unsaturated/α-hetero) is 1. The summed E-state index contributed by atoms with van der Waals surface area (Å²) in [5.74, 6) is -0.521. The Morgan fingerprint density at radius 3 is 2.76 bits per heavy atom. The van der Waals surface area contributed by atoms with Gasteiger partial charge in [-0.25, -0.2) is 4.39 Å². The van der Waals surface area contributed by atoms with Crippen molar-refractivity contribution in [3.05, 3.63) is 52.5 Å². The zero-order valence-electron chi connectivity index (χ0n) is 16.3.